The highest BCUT2D eigenvalue weighted by molar-refractivity contribution is 5.98. The van der Waals surface area contributed by atoms with E-state index in [1.165, 1.54) is 14.0 Å². The van der Waals surface area contributed by atoms with Crippen molar-refractivity contribution in [3.63, 3.8) is 0 Å². The number of Topliss-reactive ketones (excluding diaryl/α,β-unsaturated/α-hetero) is 1. The van der Waals surface area contributed by atoms with Crippen molar-refractivity contribution in [2.75, 3.05) is 20.3 Å². The molecule has 7 heteroatoms. The first kappa shape index (κ1) is 23.0. The van der Waals surface area contributed by atoms with Crippen LogP contribution in [0, 0.1) is 12.8 Å². The Hall–Kier alpha value is -2.25. The van der Waals surface area contributed by atoms with Gasteiger partial charge in [0.05, 0.1) is 26.4 Å². The third kappa shape index (κ3) is 6.37. The summed E-state index contributed by atoms with van der Waals surface area (Å²) in [5.74, 6) is -1.95. The van der Waals surface area contributed by atoms with Gasteiger partial charge in [-0.2, -0.15) is 0 Å². The fourth-order valence-electron chi connectivity index (χ4n) is 3.34. The fourth-order valence-corrected chi connectivity index (χ4v) is 3.34. The second-order valence-corrected chi connectivity index (χ2v) is 7.66. The number of methoxy groups -OCH3 is 1. The SMILES string of the molecule is COC(=O)C1(C)OCC(CCCCC(NC(=O)c2ccccc2C)C(C)=O)CO1. The summed E-state index contributed by atoms with van der Waals surface area (Å²) in [6.07, 6.45) is 3.11. The van der Waals surface area contributed by atoms with Crippen molar-refractivity contribution in [1.29, 1.82) is 0 Å². The van der Waals surface area contributed by atoms with Gasteiger partial charge in [0, 0.05) is 18.4 Å². The zero-order valence-corrected chi connectivity index (χ0v) is 17.7. The second kappa shape index (κ2) is 10.5. The zero-order chi connectivity index (χ0) is 21.4. The van der Waals surface area contributed by atoms with E-state index in [1.807, 2.05) is 25.1 Å². The van der Waals surface area contributed by atoms with Crippen molar-refractivity contribution < 1.29 is 28.6 Å². The smallest absolute Gasteiger partial charge is 0.366 e. The maximum atomic E-state index is 12.5. The van der Waals surface area contributed by atoms with Gasteiger partial charge in [0.1, 0.15) is 0 Å². The molecular weight excluding hydrogens is 374 g/mol. The number of esters is 1. The molecule has 0 bridgehead atoms. The minimum atomic E-state index is -1.33. The van der Waals surface area contributed by atoms with E-state index in [1.54, 1.807) is 13.0 Å². The summed E-state index contributed by atoms with van der Waals surface area (Å²) in [5, 5.41) is 2.85. The zero-order valence-electron chi connectivity index (χ0n) is 17.7. The molecule has 1 amide bonds. The summed E-state index contributed by atoms with van der Waals surface area (Å²) >= 11 is 0. The molecule has 1 saturated heterocycles. The van der Waals surface area contributed by atoms with Crippen LogP contribution in [0.15, 0.2) is 24.3 Å². The molecule has 1 atom stereocenters. The number of nitrogens with one attached hydrogen (secondary N) is 1. The van der Waals surface area contributed by atoms with Gasteiger partial charge in [-0.15, -0.1) is 0 Å². The molecule has 0 radical (unpaired) electrons. The first-order chi connectivity index (χ1) is 13.8. The molecule has 1 aromatic carbocycles. The molecule has 7 nitrogen and oxygen atoms in total. The van der Waals surface area contributed by atoms with Crippen LogP contribution in [-0.2, 0) is 23.8 Å². The van der Waals surface area contributed by atoms with Crippen LogP contribution in [-0.4, -0.2) is 49.8 Å². The van der Waals surface area contributed by atoms with E-state index < -0.39 is 17.8 Å². The van der Waals surface area contributed by atoms with E-state index in [2.05, 4.69) is 5.32 Å². The van der Waals surface area contributed by atoms with E-state index >= 15 is 0 Å². The van der Waals surface area contributed by atoms with E-state index in [0.717, 1.165) is 24.8 Å². The van der Waals surface area contributed by atoms with E-state index in [4.69, 9.17) is 14.2 Å². The Kier molecular flexibility index (Phi) is 8.34. The first-order valence-electron chi connectivity index (χ1n) is 10.00. The Morgan fingerprint density at radius 3 is 2.45 bits per heavy atom. The summed E-state index contributed by atoms with van der Waals surface area (Å²) < 4.78 is 15.8. The summed E-state index contributed by atoms with van der Waals surface area (Å²) in [4.78, 5) is 36.1. The molecule has 0 aliphatic carbocycles. The topological polar surface area (TPSA) is 90.9 Å². The summed E-state index contributed by atoms with van der Waals surface area (Å²) in [6.45, 7) is 5.78. The van der Waals surface area contributed by atoms with Gasteiger partial charge in [0.2, 0.25) is 0 Å². The molecule has 0 spiro atoms. The lowest BCUT2D eigenvalue weighted by atomic mass is 9.98. The second-order valence-electron chi connectivity index (χ2n) is 7.66. The lowest BCUT2D eigenvalue weighted by molar-refractivity contribution is -0.272. The van der Waals surface area contributed by atoms with Gasteiger partial charge < -0.3 is 19.5 Å². The number of ketones is 1. The Balaban J connectivity index is 1.75. The summed E-state index contributed by atoms with van der Waals surface area (Å²) in [6, 6.07) is 6.82. The van der Waals surface area contributed by atoms with E-state index in [9.17, 15) is 14.4 Å². The van der Waals surface area contributed by atoms with Gasteiger partial charge in [0.25, 0.3) is 11.7 Å². The molecule has 1 unspecified atom stereocenters. The maximum Gasteiger partial charge on any atom is 0.366 e. The highest BCUT2D eigenvalue weighted by atomic mass is 16.7. The highest BCUT2D eigenvalue weighted by Crippen LogP contribution is 2.25. The average molecular weight is 405 g/mol. The number of carbonyl (C=O) groups is 3. The Morgan fingerprint density at radius 2 is 1.86 bits per heavy atom. The van der Waals surface area contributed by atoms with Gasteiger partial charge in [-0.3, -0.25) is 9.59 Å². The molecule has 1 aliphatic heterocycles. The van der Waals surface area contributed by atoms with Crippen LogP contribution in [0.25, 0.3) is 0 Å². The largest absolute Gasteiger partial charge is 0.465 e. The third-order valence-electron chi connectivity index (χ3n) is 5.29. The summed E-state index contributed by atoms with van der Waals surface area (Å²) in [7, 11) is 1.30. The van der Waals surface area contributed by atoms with Crippen LogP contribution < -0.4 is 5.32 Å². The molecule has 1 N–H and O–H groups in total. The van der Waals surface area contributed by atoms with Crippen molar-refractivity contribution in [3.8, 4) is 0 Å². The molecule has 0 saturated carbocycles. The van der Waals surface area contributed by atoms with Crippen molar-refractivity contribution in [3.05, 3.63) is 35.4 Å². The Labute approximate surface area is 172 Å². The molecular formula is C22H31NO6. The number of benzene rings is 1. The minimum Gasteiger partial charge on any atom is -0.465 e. The fraction of sp³-hybridized carbons (Fsp3) is 0.591. The van der Waals surface area contributed by atoms with Crippen LogP contribution in [0.1, 0.15) is 55.5 Å². The van der Waals surface area contributed by atoms with Crippen molar-refractivity contribution >= 4 is 17.7 Å². The number of unbranched alkanes of at least 4 members (excludes halogenated alkanes) is 1. The number of amides is 1. The predicted molar refractivity (Wildman–Crippen MR) is 107 cm³/mol. The Bertz CT molecular complexity index is 724. The van der Waals surface area contributed by atoms with Gasteiger partial charge in [-0.1, -0.05) is 31.0 Å². The van der Waals surface area contributed by atoms with Gasteiger partial charge in [0.15, 0.2) is 5.78 Å². The van der Waals surface area contributed by atoms with Gasteiger partial charge >= 0.3 is 5.97 Å². The van der Waals surface area contributed by atoms with Crippen LogP contribution in [0.3, 0.4) is 0 Å². The molecule has 1 aromatic rings. The number of hydrogen-bond donors (Lipinski definition) is 1. The lowest BCUT2D eigenvalue weighted by Gasteiger charge is -2.35. The normalized spacial score (nSPS) is 22.6. The third-order valence-corrected chi connectivity index (χ3v) is 5.29. The van der Waals surface area contributed by atoms with E-state index in [0.29, 0.717) is 25.2 Å². The monoisotopic (exact) mass is 405 g/mol. The van der Waals surface area contributed by atoms with E-state index in [-0.39, 0.29) is 17.6 Å². The van der Waals surface area contributed by atoms with Crippen molar-refractivity contribution in [1.82, 2.24) is 5.32 Å². The number of hydrogen-bond acceptors (Lipinski definition) is 6. The van der Waals surface area contributed by atoms with Crippen LogP contribution in [0.5, 0.6) is 0 Å². The lowest BCUT2D eigenvalue weighted by Crippen LogP contribution is -2.48. The number of rotatable bonds is 9. The Morgan fingerprint density at radius 1 is 1.21 bits per heavy atom. The number of aryl methyl sites for hydroxylation is 1. The van der Waals surface area contributed by atoms with Crippen molar-refractivity contribution in [2.24, 2.45) is 5.92 Å². The average Bonchev–Trinajstić information content (AvgIpc) is 2.71. The number of ether oxygens (including phenoxy) is 3. The van der Waals surface area contributed by atoms with Crippen LogP contribution >= 0.6 is 0 Å². The maximum absolute atomic E-state index is 12.5. The molecule has 29 heavy (non-hydrogen) atoms. The first-order valence-corrected chi connectivity index (χ1v) is 10.00. The van der Waals surface area contributed by atoms with Gasteiger partial charge in [-0.25, -0.2) is 4.79 Å². The molecule has 1 aliphatic rings. The molecule has 1 heterocycles. The van der Waals surface area contributed by atoms with Crippen LogP contribution in [0.4, 0.5) is 0 Å². The standard InChI is InChI=1S/C22H31NO6/c1-15-9-5-7-11-18(15)20(25)23-19(16(2)24)12-8-6-10-17-13-28-22(3,29-14-17)21(26)27-4/h5,7,9,11,17,19H,6,8,10,12-14H2,1-4H3,(H,23,25). The van der Waals surface area contributed by atoms with Crippen molar-refractivity contribution in [2.45, 2.75) is 58.3 Å². The van der Waals surface area contributed by atoms with Crippen LogP contribution in [0.2, 0.25) is 0 Å². The highest BCUT2D eigenvalue weighted by Gasteiger charge is 2.41. The molecule has 0 aromatic heterocycles. The molecule has 160 valence electrons. The minimum absolute atomic E-state index is 0.0508. The predicted octanol–water partition coefficient (Wildman–Crippen LogP) is 2.80. The molecule has 2 rings (SSSR count). The number of carbonyl (C=O) groups excluding carboxylic acids is 3. The van der Waals surface area contributed by atoms with Gasteiger partial charge in [-0.05, 0) is 38.3 Å². The quantitative estimate of drug-likeness (QED) is 0.502. The summed E-state index contributed by atoms with van der Waals surface area (Å²) in [5.41, 5.74) is 1.47. The molecule has 1 fully saturated rings.